The largest absolute Gasteiger partial charge is 0.454 e. The van der Waals surface area contributed by atoms with E-state index in [4.69, 9.17) is 9.47 Å². The Labute approximate surface area is 207 Å². The van der Waals surface area contributed by atoms with Gasteiger partial charge in [0, 0.05) is 30.8 Å². The lowest BCUT2D eigenvalue weighted by atomic mass is 9.97. The fourth-order valence-corrected chi connectivity index (χ4v) is 3.63. The topological polar surface area (TPSA) is 67.9 Å². The number of carbonyl (C=O) groups excluding carboxylic acids is 2. The first-order valence-corrected chi connectivity index (χ1v) is 11.4. The molecule has 3 aromatic carbocycles. The number of benzene rings is 3. The smallest absolute Gasteiger partial charge is 0.253 e. The van der Waals surface area contributed by atoms with Gasteiger partial charge in [0.2, 0.25) is 12.7 Å². The molecular weight excluding hydrogens is 440 g/mol. The molecule has 1 N–H and O–H groups in total. The Morgan fingerprint density at radius 1 is 0.914 bits per heavy atom. The van der Waals surface area contributed by atoms with Crippen LogP contribution in [0.4, 0.5) is 5.69 Å². The number of nitrogens with one attached hydrogen (secondary N) is 1. The van der Waals surface area contributed by atoms with Gasteiger partial charge in [0.1, 0.15) is 0 Å². The Morgan fingerprint density at radius 2 is 1.57 bits per heavy atom. The van der Waals surface area contributed by atoms with Crippen molar-refractivity contribution in [2.24, 2.45) is 5.41 Å². The van der Waals surface area contributed by atoms with E-state index in [1.165, 1.54) is 0 Å². The van der Waals surface area contributed by atoms with Crippen molar-refractivity contribution in [3.8, 4) is 22.6 Å². The number of carbonyl (C=O) groups is 2. The lowest BCUT2D eigenvalue weighted by Gasteiger charge is -2.14. The highest BCUT2D eigenvalue weighted by Gasteiger charge is 2.44. The number of para-hydroxylation sites is 2. The van der Waals surface area contributed by atoms with Crippen LogP contribution in [0.5, 0.6) is 11.5 Å². The van der Waals surface area contributed by atoms with E-state index in [0.29, 0.717) is 12.4 Å². The molecular formula is C29H34N2O4. The van der Waals surface area contributed by atoms with E-state index in [1.807, 2.05) is 80.6 Å². The van der Waals surface area contributed by atoms with Gasteiger partial charge in [-0.3, -0.25) is 9.59 Å². The Bertz CT molecular complexity index is 1190. The van der Waals surface area contributed by atoms with Gasteiger partial charge in [-0.25, -0.2) is 0 Å². The third-order valence-electron chi connectivity index (χ3n) is 6.15. The van der Waals surface area contributed by atoms with E-state index >= 15 is 0 Å². The van der Waals surface area contributed by atoms with Crippen LogP contribution in [0.1, 0.15) is 43.1 Å². The van der Waals surface area contributed by atoms with Crippen LogP contribution in [0, 0.1) is 12.3 Å². The number of rotatable bonds is 4. The molecule has 0 saturated heterocycles. The molecule has 0 atom stereocenters. The Hall–Kier alpha value is -3.80. The maximum Gasteiger partial charge on any atom is 0.253 e. The number of ether oxygens (including phenoxy) is 2. The zero-order valence-corrected chi connectivity index (χ0v) is 20.1. The van der Waals surface area contributed by atoms with E-state index < -0.39 is 0 Å². The molecule has 6 nitrogen and oxygen atoms in total. The van der Waals surface area contributed by atoms with Crippen molar-refractivity contribution in [3.63, 3.8) is 0 Å². The number of amides is 2. The van der Waals surface area contributed by atoms with E-state index in [-0.39, 0.29) is 24.7 Å². The second-order valence-electron chi connectivity index (χ2n) is 9.18. The predicted octanol–water partition coefficient (Wildman–Crippen LogP) is 6.15. The maximum atomic E-state index is 12.3. The highest BCUT2D eigenvalue weighted by atomic mass is 16.7. The zero-order valence-electron chi connectivity index (χ0n) is 20.1. The molecule has 0 spiro atoms. The van der Waals surface area contributed by atoms with Crippen molar-refractivity contribution in [1.82, 2.24) is 4.90 Å². The summed E-state index contributed by atoms with van der Waals surface area (Å²) < 4.78 is 10.2. The van der Waals surface area contributed by atoms with Gasteiger partial charge in [-0.1, -0.05) is 44.7 Å². The predicted molar refractivity (Wildman–Crippen MR) is 140 cm³/mol. The van der Waals surface area contributed by atoms with E-state index in [0.717, 1.165) is 46.7 Å². The van der Waals surface area contributed by atoms with Gasteiger partial charge in [-0.2, -0.15) is 0 Å². The van der Waals surface area contributed by atoms with Crippen LogP contribution in [0.25, 0.3) is 11.1 Å². The van der Waals surface area contributed by atoms with Gasteiger partial charge < -0.3 is 19.7 Å². The third-order valence-corrected chi connectivity index (χ3v) is 6.15. The molecule has 1 aliphatic heterocycles. The third kappa shape index (κ3) is 6.01. The second kappa shape index (κ2) is 10.6. The molecule has 2 aliphatic rings. The molecule has 1 saturated carbocycles. The van der Waals surface area contributed by atoms with Crippen molar-refractivity contribution in [2.45, 2.75) is 34.1 Å². The normalized spacial score (nSPS) is 14.1. The molecule has 5 rings (SSSR count). The second-order valence-corrected chi connectivity index (χ2v) is 9.18. The first-order valence-electron chi connectivity index (χ1n) is 11.4. The molecule has 3 aromatic rings. The quantitative estimate of drug-likeness (QED) is 0.492. The van der Waals surface area contributed by atoms with Crippen molar-refractivity contribution in [1.29, 1.82) is 0 Å². The van der Waals surface area contributed by atoms with Crippen molar-refractivity contribution < 1.29 is 19.1 Å². The van der Waals surface area contributed by atoms with Gasteiger partial charge >= 0.3 is 0 Å². The summed E-state index contributed by atoms with van der Waals surface area (Å²) in [5, 5.41) is 3.02. The average Bonchev–Trinajstić information content (AvgIpc) is 3.41. The molecule has 1 fully saturated rings. The molecule has 6 heteroatoms. The van der Waals surface area contributed by atoms with Crippen LogP contribution >= 0.6 is 0 Å². The SMILES string of the molecule is C.Cc1ccc(NC(=O)C2(C)CC2)cc1-c1cccc(C(=O)N(C)C)c1.c1ccc2c(c1)OCO2. The van der Waals surface area contributed by atoms with E-state index in [1.54, 1.807) is 19.0 Å². The van der Waals surface area contributed by atoms with Gasteiger partial charge in [0.15, 0.2) is 11.5 Å². The van der Waals surface area contributed by atoms with E-state index in [9.17, 15) is 9.59 Å². The van der Waals surface area contributed by atoms with Crippen LogP contribution in [-0.4, -0.2) is 37.6 Å². The van der Waals surface area contributed by atoms with Crippen LogP contribution in [0.15, 0.2) is 66.7 Å². The van der Waals surface area contributed by atoms with Crippen molar-refractivity contribution in [3.05, 3.63) is 77.9 Å². The molecule has 1 heterocycles. The Kier molecular flexibility index (Phi) is 7.85. The number of aryl methyl sites for hydroxylation is 1. The highest BCUT2D eigenvalue weighted by molar-refractivity contribution is 5.98. The summed E-state index contributed by atoms with van der Waals surface area (Å²) in [6, 6.07) is 21.1. The molecule has 0 bridgehead atoms. The number of nitrogens with zero attached hydrogens (tertiary/aromatic N) is 1. The van der Waals surface area contributed by atoms with Gasteiger partial charge in [0.25, 0.3) is 5.91 Å². The van der Waals surface area contributed by atoms with Crippen molar-refractivity contribution >= 4 is 17.5 Å². The molecule has 35 heavy (non-hydrogen) atoms. The maximum absolute atomic E-state index is 12.3. The van der Waals surface area contributed by atoms with Gasteiger partial charge in [-0.05, 0) is 72.9 Å². The Balaban J connectivity index is 0.000000285. The molecule has 2 amide bonds. The lowest BCUT2D eigenvalue weighted by Crippen LogP contribution is -2.21. The fraction of sp³-hybridized carbons (Fsp3) is 0.310. The van der Waals surface area contributed by atoms with E-state index in [2.05, 4.69) is 5.32 Å². The number of hydrogen-bond acceptors (Lipinski definition) is 4. The highest BCUT2D eigenvalue weighted by Crippen LogP contribution is 2.45. The summed E-state index contributed by atoms with van der Waals surface area (Å²) in [4.78, 5) is 26.1. The minimum absolute atomic E-state index is 0. The van der Waals surface area contributed by atoms with Gasteiger partial charge in [0.05, 0.1) is 0 Å². The first-order chi connectivity index (χ1) is 16.3. The number of fused-ring (bicyclic) bond motifs is 1. The van der Waals surface area contributed by atoms with Crippen LogP contribution in [0.3, 0.4) is 0 Å². The zero-order chi connectivity index (χ0) is 24.3. The number of anilines is 1. The van der Waals surface area contributed by atoms with Crippen molar-refractivity contribution in [2.75, 3.05) is 26.2 Å². The van der Waals surface area contributed by atoms with Gasteiger partial charge in [-0.15, -0.1) is 0 Å². The summed E-state index contributed by atoms with van der Waals surface area (Å²) in [5.74, 6) is 1.75. The Morgan fingerprint density at radius 3 is 2.17 bits per heavy atom. The minimum Gasteiger partial charge on any atom is -0.454 e. The summed E-state index contributed by atoms with van der Waals surface area (Å²) in [7, 11) is 3.49. The summed E-state index contributed by atoms with van der Waals surface area (Å²) in [6.07, 6.45) is 1.90. The summed E-state index contributed by atoms with van der Waals surface area (Å²) in [5.41, 5.74) is 4.34. The average molecular weight is 475 g/mol. The lowest BCUT2D eigenvalue weighted by molar-refractivity contribution is -0.120. The minimum atomic E-state index is -0.205. The molecule has 0 unspecified atom stereocenters. The summed E-state index contributed by atoms with van der Waals surface area (Å²) in [6.45, 7) is 4.39. The molecule has 1 aliphatic carbocycles. The summed E-state index contributed by atoms with van der Waals surface area (Å²) >= 11 is 0. The monoisotopic (exact) mass is 474 g/mol. The van der Waals surface area contributed by atoms with Crippen LogP contribution in [-0.2, 0) is 4.79 Å². The first kappa shape index (κ1) is 25.8. The molecule has 0 aromatic heterocycles. The fourth-order valence-electron chi connectivity index (χ4n) is 3.63. The van der Waals surface area contributed by atoms with Crippen LogP contribution in [0.2, 0.25) is 0 Å². The van der Waals surface area contributed by atoms with Crippen LogP contribution < -0.4 is 14.8 Å². The molecule has 184 valence electrons. The molecule has 0 radical (unpaired) electrons. The standard InChI is InChI=1S/C21H24N2O2.C7H6O2.CH4/c1-14-8-9-17(22-20(25)21(2)10-11-21)13-18(14)15-6-5-7-16(12-15)19(24)23(3)4;1-2-4-7-6(3-1)8-5-9-7;/h5-9,12-13H,10-11H2,1-4H3,(H,22,25);1-4H,5H2;1H4. The number of hydrogen-bond donors (Lipinski definition) is 1.